The van der Waals surface area contributed by atoms with Crippen molar-refractivity contribution in [2.75, 3.05) is 0 Å². The van der Waals surface area contributed by atoms with E-state index in [9.17, 15) is 23.1 Å². The molecule has 27 heavy (non-hydrogen) atoms. The van der Waals surface area contributed by atoms with Crippen LogP contribution in [0.2, 0.25) is 0 Å². The van der Waals surface area contributed by atoms with Crippen molar-refractivity contribution in [1.29, 1.82) is 0 Å². The highest BCUT2D eigenvalue weighted by Gasteiger charge is 2.12. The molecule has 140 valence electrons. The lowest BCUT2D eigenvalue weighted by Gasteiger charge is -2.04. The molecule has 11 heteroatoms. The van der Waals surface area contributed by atoms with E-state index in [1.807, 2.05) is 0 Å². The number of aliphatic hydroxyl groups excluding tert-OH is 1. The average Bonchev–Trinajstić information content (AvgIpc) is 2.57. The zero-order chi connectivity index (χ0) is 20.2. The summed E-state index contributed by atoms with van der Waals surface area (Å²) in [5, 5.41) is 34.9. The summed E-state index contributed by atoms with van der Waals surface area (Å²) in [4.78, 5) is 21.1. The first kappa shape index (κ1) is 19.8. The van der Waals surface area contributed by atoms with Crippen LogP contribution in [-0.4, -0.2) is 40.2 Å². The topological polar surface area (TPSA) is 174 Å². The second kappa shape index (κ2) is 7.76. The van der Waals surface area contributed by atoms with E-state index in [0.29, 0.717) is 17.5 Å². The quantitative estimate of drug-likeness (QED) is 0.191. The molecule has 0 fully saturated rings. The van der Waals surface area contributed by atoms with E-state index in [-0.39, 0.29) is 16.0 Å². The number of azo groups is 1. The van der Waals surface area contributed by atoms with E-state index in [1.165, 1.54) is 18.2 Å². The van der Waals surface area contributed by atoms with Gasteiger partial charge in [0.1, 0.15) is 0 Å². The van der Waals surface area contributed by atoms with Gasteiger partial charge in [-0.2, -0.15) is 13.5 Å². The third-order valence-electron chi connectivity index (χ3n) is 3.18. The van der Waals surface area contributed by atoms with E-state index < -0.39 is 33.5 Å². The van der Waals surface area contributed by atoms with Gasteiger partial charge in [-0.05, 0) is 23.6 Å². The van der Waals surface area contributed by atoms with E-state index in [0.717, 1.165) is 6.07 Å². The first-order chi connectivity index (χ1) is 12.6. The first-order valence-corrected chi connectivity index (χ1v) is 8.52. The zero-order valence-corrected chi connectivity index (χ0v) is 14.2. The molecule has 0 unspecified atom stereocenters. The Balaban J connectivity index is 2.56. The molecule has 2 rings (SSSR count). The van der Waals surface area contributed by atoms with Gasteiger partial charge in [-0.3, -0.25) is 4.55 Å². The van der Waals surface area contributed by atoms with Crippen LogP contribution in [0.25, 0.3) is 10.8 Å². The van der Waals surface area contributed by atoms with Crippen LogP contribution in [-0.2, 0) is 19.7 Å². The molecule has 0 saturated carbocycles. The Hall–Kier alpha value is -3.57. The Bertz CT molecular complexity index is 1120. The minimum Gasteiger partial charge on any atom is -0.502 e. The third-order valence-corrected chi connectivity index (χ3v) is 4.03. The first-order valence-electron chi connectivity index (χ1n) is 7.08. The number of carbonyl (C=O) groups is 2. The Morgan fingerprint density at radius 2 is 1.70 bits per heavy atom. The van der Waals surface area contributed by atoms with Crippen molar-refractivity contribution < 1.29 is 37.9 Å². The number of allylic oxidation sites excluding steroid dienone is 1. The predicted molar refractivity (Wildman–Crippen MR) is 92.3 cm³/mol. The minimum atomic E-state index is -4.45. The molecule has 0 radical (unpaired) electrons. The Labute approximate surface area is 152 Å². The summed E-state index contributed by atoms with van der Waals surface area (Å²) in [7, 11) is -4.45. The summed E-state index contributed by atoms with van der Waals surface area (Å²) in [6.07, 6.45) is 1.12. The highest BCUT2D eigenvalue weighted by Crippen LogP contribution is 2.29. The highest BCUT2D eigenvalue weighted by molar-refractivity contribution is 7.85. The molecule has 0 heterocycles. The standard InChI is InChI=1S/C16H12N2O8S/c19-14(16(22)23)6-10(7-15(20)21)17-18-13-3-1-2-9-4-5-11(8-12(9)13)27(24,25)26/h1-8,19H,(H,20,21)(H,22,23)(H,24,25,26). The number of fused-ring (bicyclic) bond motifs is 1. The minimum absolute atomic E-state index is 0.123. The van der Waals surface area contributed by atoms with Crippen molar-refractivity contribution in [3.05, 3.63) is 60.0 Å². The van der Waals surface area contributed by atoms with Crippen LogP contribution in [0.1, 0.15) is 0 Å². The maximum Gasteiger partial charge on any atom is 0.371 e. The zero-order valence-electron chi connectivity index (χ0n) is 13.3. The van der Waals surface area contributed by atoms with E-state index in [1.54, 1.807) is 12.1 Å². The van der Waals surface area contributed by atoms with Crippen LogP contribution >= 0.6 is 0 Å². The van der Waals surface area contributed by atoms with Crippen molar-refractivity contribution in [1.82, 2.24) is 0 Å². The Kier molecular flexibility index (Phi) is 5.68. The van der Waals surface area contributed by atoms with Crippen LogP contribution in [0.15, 0.2) is 75.1 Å². The number of carboxylic acid groups (broad SMARTS) is 2. The lowest BCUT2D eigenvalue weighted by atomic mass is 10.1. The molecule has 4 N–H and O–H groups in total. The van der Waals surface area contributed by atoms with Gasteiger partial charge in [0.25, 0.3) is 10.1 Å². The lowest BCUT2D eigenvalue weighted by Crippen LogP contribution is -1.99. The van der Waals surface area contributed by atoms with Crippen LogP contribution in [0.5, 0.6) is 0 Å². The molecule has 0 aromatic heterocycles. The van der Waals surface area contributed by atoms with Crippen molar-refractivity contribution in [2.45, 2.75) is 4.90 Å². The van der Waals surface area contributed by atoms with Gasteiger partial charge in [0, 0.05) is 11.5 Å². The molecule has 0 amide bonds. The van der Waals surface area contributed by atoms with Crippen molar-refractivity contribution >= 4 is 38.5 Å². The Morgan fingerprint density at radius 1 is 1.00 bits per heavy atom. The summed E-state index contributed by atoms with van der Waals surface area (Å²) in [6.45, 7) is 0. The molecule has 0 aliphatic carbocycles. The van der Waals surface area contributed by atoms with Gasteiger partial charge in [0.15, 0.2) is 0 Å². The maximum atomic E-state index is 11.3. The summed E-state index contributed by atoms with van der Waals surface area (Å²) in [6, 6.07) is 8.45. The number of aliphatic hydroxyl groups is 1. The fourth-order valence-corrected chi connectivity index (χ4v) is 2.53. The van der Waals surface area contributed by atoms with Crippen molar-refractivity contribution in [3.63, 3.8) is 0 Å². The molecular weight excluding hydrogens is 380 g/mol. The molecule has 10 nitrogen and oxygen atoms in total. The molecule has 2 aromatic carbocycles. The van der Waals surface area contributed by atoms with E-state index in [2.05, 4.69) is 10.2 Å². The highest BCUT2D eigenvalue weighted by atomic mass is 32.2. The molecule has 0 spiro atoms. The molecule has 0 bridgehead atoms. The average molecular weight is 392 g/mol. The second-order valence-electron chi connectivity index (χ2n) is 5.08. The molecule has 0 saturated heterocycles. The SMILES string of the molecule is O=C(O)C=C(C=C(O)C(=O)O)N=Nc1cccc2ccc(S(=O)(=O)O)cc12. The van der Waals surface area contributed by atoms with Gasteiger partial charge in [-0.1, -0.05) is 18.2 Å². The van der Waals surface area contributed by atoms with Crippen LogP contribution < -0.4 is 0 Å². The van der Waals surface area contributed by atoms with Gasteiger partial charge >= 0.3 is 11.9 Å². The van der Waals surface area contributed by atoms with Gasteiger partial charge in [0.05, 0.1) is 22.4 Å². The number of benzene rings is 2. The van der Waals surface area contributed by atoms with Crippen LogP contribution in [0.4, 0.5) is 5.69 Å². The number of nitrogens with zero attached hydrogens (tertiary/aromatic N) is 2. The second-order valence-corrected chi connectivity index (χ2v) is 6.50. The number of aliphatic carboxylic acids is 2. The van der Waals surface area contributed by atoms with Crippen LogP contribution in [0.3, 0.4) is 0 Å². The van der Waals surface area contributed by atoms with Crippen LogP contribution in [0, 0.1) is 0 Å². The monoisotopic (exact) mass is 392 g/mol. The largest absolute Gasteiger partial charge is 0.502 e. The summed E-state index contributed by atoms with van der Waals surface area (Å²) >= 11 is 0. The third kappa shape index (κ3) is 5.20. The van der Waals surface area contributed by atoms with Gasteiger partial charge in [-0.15, -0.1) is 5.11 Å². The fourth-order valence-electron chi connectivity index (χ4n) is 2.02. The van der Waals surface area contributed by atoms with Crippen molar-refractivity contribution in [3.8, 4) is 0 Å². The number of rotatable bonds is 6. The molecule has 0 atom stereocenters. The molecule has 0 aliphatic rings. The normalized spacial score (nSPS) is 13.2. The smallest absolute Gasteiger partial charge is 0.371 e. The molecule has 2 aromatic rings. The van der Waals surface area contributed by atoms with E-state index in [4.69, 9.17) is 14.8 Å². The maximum absolute atomic E-state index is 11.3. The lowest BCUT2D eigenvalue weighted by molar-refractivity contribution is -0.135. The molecular formula is C16H12N2O8S. The summed E-state index contributed by atoms with van der Waals surface area (Å²) in [5.74, 6) is -4.29. The Morgan fingerprint density at radius 3 is 2.30 bits per heavy atom. The van der Waals surface area contributed by atoms with Gasteiger partial charge < -0.3 is 15.3 Å². The molecule has 0 aliphatic heterocycles. The number of hydrogen-bond donors (Lipinski definition) is 4. The van der Waals surface area contributed by atoms with E-state index >= 15 is 0 Å². The summed E-state index contributed by atoms with van der Waals surface area (Å²) in [5.41, 5.74) is -0.345. The number of carboxylic acids is 2. The van der Waals surface area contributed by atoms with Gasteiger partial charge in [-0.25, -0.2) is 9.59 Å². The predicted octanol–water partition coefficient (Wildman–Crippen LogP) is 2.67. The van der Waals surface area contributed by atoms with Gasteiger partial charge in [0.2, 0.25) is 5.76 Å². The van der Waals surface area contributed by atoms with Crippen molar-refractivity contribution in [2.24, 2.45) is 10.2 Å². The fraction of sp³-hybridized carbons (Fsp3) is 0. The number of hydrogen-bond acceptors (Lipinski definition) is 7. The summed E-state index contributed by atoms with van der Waals surface area (Å²) < 4.78 is 31.8.